The van der Waals surface area contributed by atoms with Crippen LogP contribution in [0.4, 0.5) is 19.0 Å². The number of aromatic nitrogens is 1. The maximum Gasteiger partial charge on any atom is 0.490 e. The summed E-state index contributed by atoms with van der Waals surface area (Å²) in [6.07, 6.45) is -3.37. The molecule has 0 radical (unpaired) electrons. The van der Waals surface area contributed by atoms with Crippen molar-refractivity contribution in [2.45, 2.75) is 6.18 Å². The van der Waals surface area contributed by atoms with Gasteiger partial charge in [0.25, 0.3) is 5.91 Å². The van der Waals surface area contributed by atoms with Gasteiger partial charge in [0, 0.05) is 30.5 Å². The number of amides is 1. The fourth-order valence-electron chi connectivity index (χ4n) is 2.93. The lowest BCUT2D eigenvalue weighted by atomic mass is 10.2. The summed E-state index contributed by atoms with van der Waals surface area (Å²) in [5.41, 5.74) is 0. The van der Waals surface area contributed by atoms with E-state index < -0.39 is 12.1 Å². The smallest absolute Gasteiger partial charge is 0.475 e. The molecule has 3 heterocycles. The number of alkyl halides is 3. The van der Waals surface area contributed by atoms with Gasteiger partial charge >= 0.3 is 12.1 Å². The molecule has 3 aromatic rings. The number of carbonyl (C=O) groups excluding carboxylic acids is 1. The van der Waals surface area contributed by atoms with Crippen LogP contribution >= 0.6 is 22.9 Å². The third-order valence-electron chi connectivity index (χ3n) is 4.55. The van der Waals surface area contributed by atoms with Crippen molar-refractivity contribution in [1.29, 1.82) is 0 Å². The lowest BCUT2D eigenvalue weighted by Crippen LogP contribution is -2.36. The number of carboxylic acids is 1. The molecular formula is C21H19ClF3N3O5S. The number of hydrogen-bond acceptors (Lipinski definition) is 7. The van der Waals surface area contributed by atoms with E-state index in [1.165, 1.54) is 11.3 Å². The summed E-state index contributed by atoms with van der Waals surface area (Å²) >= 11 is 7.36. The fraction of sp³-hybridized carbons (Fsp3) is 0.286. The van der Waals surface area contributed by atoms with Crippen LogP contribution in [0.3, 0.4) is 0 Å². The predicted octanol–water partition coefficient (Wildman–Crippen LogP) is 4.57. The molecule has 0 aliphatic carbocycles. The molecule has 13 heteroatoms. The summed E-state index contributed by atoms with van der Waals surface area (Å²) < 4.78 is 44.1. The van der Waals surface area contributed by atoms with Crippen LogP contribution in [-0.4, -0.2) is 61.5 Å². The summed E-state index contributed by atoms with van der Waals surface area (Å²) in [6.45, 7) is 2.87. The standard InChI is InChI=1S/C19H18ClN3O3S.C2HF3O2/c1-21-19(24)16-10-14-15(26-13-4-2-12(20)3-5-13)11-22-18(17(14)27-16)23-6-8-25-9-7-23;3-2(4,5)1(6)7/h2-5,10-11H,6-9H2,1H3,(H,21,24);(H,6,7). The molecule has 1 amide bonds. The first-order valence-corrected chi connectivity index (χ1v) is 11.0. The van der Waals surface area contributed by atoms with Crippen LogP contribution in [-0.2, 0) is 9.53 Å². The molecule has 2 N–H and O–H groups in total. The molecular weight excluding hydrogens is 499 g/mol. The Kier molecular flexibility index (Phi) is 8.18. The molecule has 34 heavy (non-hydrogen) atoms. The average Bonchev–Trinajstić information content (AvgIpc) is 3.26. The second-order valence-electron chi connectivity index (χ2n) is 6.84. The van der Waals surface area contributed by atoms with E-state index in [-0.39, 0.29) is 5.91 Å². The number of ether oxygens (including phenoxy) is 2. The SMILES string of the molecule is CNC(=O)c1cc2c(Oc3ccc(Cl)cc3)cnc(N3CCOCC3)c2s1.O=C(O)C(F)(F)F. The molecule has 8 nitrogen and oxygen atoms in total. The second-order valence-corrected chi connectivity index (χ2v) is 8.33. The number of carbonyl (C=O) groups is 2. The van der Waals surface area contributed by atoms with E-state index in [1.54, 1.807) is 37.5 Å². The highest BCUT2D eigenvalue weighted by atomic mass is 35.5. The van der Waals surface area contributed by atoms with Crippen LogP contribution in [0.15, 0.2) is 36.5 Å². The van der Waals surface area contributed by atoms with Crippen molar-refractivity contribution in [3.8, 4) is 11.5 Å². The molecule has 0 atom stereocenters. The largest absolute Gasteiger partial charge is 0.490 e. The van der Waals surface area contributed by atoms with Crippen LogP contribution in [0.25, 0.3) is 10.1 Å². The van der Waals surface area contributed by atoms with Crippen molar-refractivity contribution in [2.75, 3.05) is 38.3 Å². The van der Waals surface area contributed by atoms with Gasteiger partial charge in [0.2, 0.25) is 0 Å². The number of aliphatic carboxylic acids is 1. The zero-order valence-corrected chi connectivity index (χ0v) is 19.3. The van der Waals surface area contributed by atoms with Gasteiger partial charge in [-0.1, -0.05) is 11.6 Å². The Hall–Kier alpha value is -3.09. The molecule has 1 saturated heterocycles. The molecule has 0 bridgehead atoms. The van der Waals surface area contributed by atoms with E-state index in [4.69, 9.17) is 31.0 Å². The second kappa shape index (κ2) is 10.9. The zero-order valence-electron chi connectivity index (χ0n) is 17.7. The highest BCUT2D eigenvalue weighted by molar-refractivity contribution is 7.21. The fourth-order valence-corrected chi connectivity index (χ4v) is 4.19. The van der Waals surface area contributed by atoms with E-state index in [9.17, 15) is 18.0 Å². The molecule has 4 rings (SSSR count). The molecule has 2 aromatic heterocycles. The van der Waals surface area contributed by atoms with E-state index in [0.29, 0.717) is 34.6 Å². The minimum absolute atomic E-state index is 0.124. The van der Waals surface area contributed by atoms with E-state index in [0.717, 1.165) is 29.0 Å². The third-order valence-corrected chi connectivity index (χ3v) is 5.93. The molecule has 182 valence electrons. The summed E-state index contributed by atoms with van der Waals surface area (Å²) in [4.78, 5) is 28.5. The van der Waals surface area contributed by atoms with Gasteiger partial charge in [0.05, 0.1) is 29.0 Å². The average molecular weight is 518 g/mol. The molecule has 1 aliphatic rings. The molecule has 0 saturated carbocycles. The zero-order chi connectivity index (χ0) is 24.9. The van der Waals surface area contributed by atoms with Crippen LogP contribution in [0, 0.1) is 0 Å². The number of rotatable bonds is 4. The summed E-state index contributed by atoms with van der Waals surface area (Å²) in [6, 6.07) is 9.00. The monoisotopic (exact) mass is 517 g/mol. The quantitative estimate of drug-likeness (QED) is 0.522. The minimum Gasteiger partial charge on any atom is -0.475 e. The Balaban J connectivity index is 0.000000406. The minimum atomic E-state index is -5.08. The first-order chi connectivity index (χ1) is 16.1. The predicted molar refractivity (Wildman–Crippen MR) is 121 cm³/mol. The van der Waals surface area contributed by atoms with Crippen molar-refractivity contribution < 1.29 is 37.3 Å². The van der Waals surface area contributed by atoms with Gasteiger partial charge in [-0.3, -0.25) is 4.79 Å². The lowest BCUT2D eigenvalue weighted by Gasteiger charge is -2.28. The first-order valence-electron chi connectivity index (χ1n) is 9.81. The number of carboxylic acid groups (broad SMARTS) is 1. The first kappa shape index (κ1) is 25.5. The number of hydrogen-bond donors (Lipinski definition) is 2. The van der Waals surface area contributed by atoms with Crippen LogP contribution in [0.5, 0.6) is 11.5 Å². The number of halogens is 4. The number of benzene rings is 1. The van der Waals surface area contributed by atoms with Crippen LogP contribution in [0.1, 0.15) is 9.67 Å². The van der Waals surface area contributed by atoms with Gasteiger partial charge in [-0.25, -0.2) is 9.78 Å². The molecule has 1 fully saturated rings. The highest BCUT2D eigenvalue weighted by Gasteiger charge is 2.38. The van der Waals surface area contributed by atoms with E-state index in [1.807, 2.05) is 6.07 Å². The van der Waals surface area contributed by atoms with Crippen molar-refractivity contribution in [3.05, 3.63) is 46.4 Å². The summed E-state index contributed by atoms with van der Waals surface area (Å²) in [5, 5.41) is 11.3. The number of morpholine rings is 1. The van der Waals surface area contributed by atoms with Crippen LogP contribution < -0.4 is 15.0 Å². The topological polar surface area (TPSA) is 101 Å². The number of anilines is 1. The number of pyridine rings is 1. The van der Waals surface area contributed by atoms with Crippen molar-refractivity contribution in [1.82, 2.24) is 10.3 Å². The number of nitrogens with one attached hydrogen (secondary N) is 1. The van der Waals surface area contributed by atoms with Crippen molar-refractivity contribution >= 4 is 50.7 Å². The van der Waals surface area contributed by atoms with Gasteiger partial charge in [-0.15, -0.1) is 11.3 Å². The molecule has 0 spiro atoms. The normalized spacial score (nSPS) is 13.7. The Bertz CT molecular complexity index is 1160. The number of fused-ring (bicyclic) bond motifs is 1. The van der Waals surface area contributed by atoms with Crippen LogP contribution in [0.2, 0.25) is 5.02 Å². The lowest BCUT2D eigenvalue weighted by molar-refractivity contribution is -0.192. The molecule has 0 unspecified atom stereocenters. The number of nitrogens with zero attached hydrogens (tertiary/aromatic N) is 2. The Morgan fingerprint density at radius 3 is 2.41 bits per heavy atom. The van der Waals surface area contributed by atoms with Gasteiger partial charge in [-0.05, 0) is 30.3 Å². The van der Waals surface area contributed by atoms with Gasteiger partial charge in [-0.2, -0.15) is 13.2 Å². The maximum absolute atomic E-state index is 12.2. The van der Waals surface area contributed by atoms with Crippen molar-refractivity contribution in [2.24, 2.45) is 0 Å². The molecule has 1 aromatic carbocycles. The van der Waals surface area contributed by atoms with Gasteiger partial charge in [0.15, 0.2) is 5.75 Å². The van der Waals surface area contributed by atoms with E-state index in [2.05, 4.69) is 15.2 Å². The van der Waals surface area contributed by atoms with E-state index >= 15 is 0 Å². The Morgan fingerprint density at radius 2 is 1.85 bits per heavy atom. The van der Waals surface area contributed by atoms with Crippen molar-refractivity contribution in [3.63, 3.8) is 0 Å². The van der Waals surface area contributed by atoms with Gasteiger partial charge in [0.1, 0.15) is 11.6 Å². The highest BCUT2D eigenvalue weighted by Crippen LogP contribution is 2.40. The van der Waals surface area contributed by atoms with Gasteiger partial charge < -0.3 is 24.8 Å². The molecule has 1 aliphatic heterocycles. The summed E-state index contributed by atoms with van der Waals surface area (Å²) in [5.74, 6) is -0.754. The third kappa shape index (κ3) is 6.27. The number of thiophene rings is 1. The Morgan fingerprint density at radius 1 is 1.24 bits per heavy atom. The maximum atomic E-state index is 12.2. The Labute approximate surface area is 200 Å². The summed E-state index contributed by atoms with van der Waals surface area (Å²) in [7, 11) is 1.62.